The molecule has 1 unspecified atom stereocenters. The van der Waals surface area contributed by atoms with Crippen LogP contribution in [-0.2, 0) is 11.3 Å². The molecule has 4 rings (SSSR count). The molecule has 28 heavy (non-hydrogen) atoms. The number of H-pyrrole nitrogens is 1. The lowest BCUT2D eigenvalue weighted by molar-refractivity contribution is 0.00400. The van der Waals surface area contributed by atoms with Crippen LogP contribution in [0.25, 0.3) is 11.3 Å². The zero-order chi connectivity index (χ0) is 19.3. The highest BCUT2D eigenvalue weighted by atomic mass is 16.5. The lowest BCUT2D eigenvalue weighted by Crippen LogP contribution is -2.24. The molecule has 3 heterocycles. The highest BCUT2D eigenvalue weighted by Crippen LogP contribution is 2.23. The number of amides is 1. The predicted molar refractivity (Wildman–Crippen MR) is 104 cm³/mol. The van der Waals surface area contributed by atoms with Crippen molar-refractivity contribution in [3.05, 3.63) is 48.4 Å². The molecule has 0 bridgehead atoms. The molecule has 1 fully saturated rings. The van der Waals surface area contributed by atoms with Gasteiger partial charge in [0, 0.05) is 18.4 Å². The van der Waals surface area contributed by atoms with E-state index < -0.39 is 0 Å². The molecule has 0 radical (unpaired) electrons. The minimum absolute atomic E-state index is 0.190. The molecule has 2 aromatic heterocycles. The van der Waals surface area contributed by atoms with Gasteiger partial charge in [0.15, 0.2) is 0 Å². The number of aromatic amines is 1. The third-order valence-corrected chi connectivity index (χ3v) is 4.74. The summed E-state index contributed by atoms with van der Waals surface area (Å²) in [7, 11) is 1.61. The number of methoxy groups -OCH3 is 1. The fourth-order valence-corrected chi connectivity index (χ4v) is 3.25. The standard InChI is InChI=1S/C20H23N5O3/c1-27-16-7-4-5-14(9-16)18-10-19(24-23-18)20(26)22-15-11-21-25(12-15)13-17-6-2-3-8-28-17/h4-5,7,9-12,17H,2-3,6,8,13H2,1H3,(H,22,26)(H,23,24). The monoisotopic (exact) mass is 381 g/mol. The summed E-state index contributed by atoms with van der Waals surface area (Å²) in [5, 5.41) is 14.2. The number of hydrogen-bond donors (Lipinski definition) is 2. The molecule has 0 spiro atoms. The molecule has 0 saturated carbocycles. The molecule has 1 saturated heterocycles. The van der Waals surface area contributed by atoms with Crippen LogP contribution in [0, 0.1) is 0 Å². The van der Waals surface area contributed by atoms with Gasteiger partial charge in [0.2, 0.25) is 0 Å². The molecule has 1 atom stereocenters. The average molecular weight is 381 g/mol. The molecule has 1 amide bonds. The van der Waals surface area contributed by atoms with E-state index in [-0.39, 0.29) is 12.0 Å². The Morgan fingerprint density at radius 2 is 2.32 bits per heavy atom. The van der Waals surface area contributed by atoms with Crippen molar-refractivity contribution in [2.24, 2.45) is 0 Å². The fraction of sp³-hybridized carbons (Fsp3) is 0.350. The Balaban J connectivity index is 1.39. The largest absolute Gasteiger partial charge is 0.497 e. The van der Waals surface area contributed by atoms with E-state index in [0.717, 1.165) is 30.8 Å². The van der Waals surface area contributed by atoms with Gasteiger partial charge < -0.3 is 14.8 Å². The summed E-state index contributed by atoms with van der Waals surface area (Å²) in [6, 6.07) is 9.24. The molecule has 8 heteroatoms. The molecule has 2 N–H and O–H groups in total. The van der Waals surface area contributed by atoms with Crippen molar-refractivity contribution < 1.29 is 14.3 Å². The van der Waals surface area contributed by atoms with Gasteiger partial charge >= 0.3 is 0 Å². The normalized spacial score (nSPS) is 16.7. The van der Waals surface area contributed by atoms with Gasteiger partial charge in [-0.15, -0.1) is 0 Å². The highest BCUT2D eigenvalue weighted by Gasteiger charge is 2.16. The maximum absolute atomic E-state index is 12.5. The van der Waals surface area contributed by atoms with Gasteiger partial charge in [-0.1, -0.05) is 12.1 Å². The van der Waals surface area contributed by atoms with Crippen molar-refractivity contribution in [2.45, 2.75) is 31.9 Å². The van der Waals surface area contributed by atoms with Crippen LogP contribution in [0.3, 0.4) is 0 Å². The molecule has 0 aliphatic carbocycles. The van der Waals surface area contributed by atoms with Gasteiger partial charge in [-0.2, -0.15) is 10.2 Å². The molecule has 8 nitrogen and oxygen atoms in total. The Morgan fingerprint density at radius 3 is 3.14 bits per heavy atom. The maximum Gasteiger partial charge on any atom is 0.273 e. The van der Waals surface area contributed by atoms with E-state index in [1.165, 1.54) is 6.42 Å². The summed E-state index contributed by atoms with van der Waals surface area (Å²) in [5.74, 6) is 0.468. The van der Waals surface area contributed by atoms with Gasteiger partial charge in [0.1, 0.15) is 11.4 Å². The maximum atomic E-state index is 12.5. The zero-order valence-corrected chi connectivity index (χ0v) is 15.7. The number of aromatic nitrogens is 4. The second kappa shape index (κ2) is 8.26. The number of nitrogens with one attached hydrogen (secondary N) is 2. The zero-order valence-electron chi connectivity index (χ0n) is 15.7. The fourth-order valence-electron chi connectivity index (χ4n) is 3.25. The third-order valence-electron chi connectivity index (χ3n) is 4.74. The van der Waals surface area contributed by atoms with Crippen LogP contribution in [0.4, 0.5) is 5.69 Å². The Labute approximate surface area is 162 Å². The lowest BCUT2D eigenvalue weighted by Gasteiger charge is -2.22. The van der Waals surface area contributed by atoms with Gasteiger partial charge in [-0.3, -0.25) is 14.6 Å². The van der Waals surface area contributed by atoms with Gasteiger partial charge in [-0.25, -0.2) is 0 Å². The van der Waals surface area contributed by atoms with E-state index in [4.69, 9.17) is 9.47 Å². The lowest BCUT2D eigenvalue weighted by atomic mass is 10.1. The Bertz CT molecular complexity index is 943. The number of benzene rings is 1. The van der Waals surface area contributed by atoms with E-state index in [1.54, 1.807) is 24.1 Å². The van der Waals surface area contributed by atoms with Crippen LogP contribution in [0.15, 0.2) is 42.7 Å². The van der Waals surface area contributed by atoms with Crippen molar-refractivity contribution in [3.8, 4) is 17.0 Å². The van der Waals surface area contributed by atoms with E-state index >= 15 is 0 Å². The van der Waals surface area contributed by atoms with E-state index in [1.807, 2.05) is 30.5 Å². The van der Waals surface area contributed by atoms with Crippen LogP contribution < -0.4 is 10.1 Å². The summed E-state index contributed by atoms with van der Waals surface area (Å²) in [6.45, 7) is 1.50. The van der Waals surface area contributed by atoms with Gasteiger partial charge in [0.25, 0.3) is 5.91 Å². The number of nitrogens with zero attached hydrogens (tertiary/aromatic N) is 3. The van der Waals surface area contributed by atoms with Crippen LogP contribution in [0.1, 0.15) is 29.8 Å². The smallest absolute Gasteiger partial charge is 0.273 e. The van der Waals surface area contributed by atoms with E-state index in [9.17, 15) is 4.79 Å². The molecule has 3 aromatic rings. The van der Waals surface area contributed by atoms with Crippen LogP contribution in [-0.4, -0.2) is 45.7 Å². The topological polar surface area (TPSA) is 94.1 Å². The van der Waals surface area contributed by atoms with Gasteiger partial charge in [0.05, 0.1) is 37.3 Å². The van der Waals surface area contributed by atoms with Crippen molar-refractivity contribution in [1.29, 1.82) is 0 Å². The molecule has 146 valence electrons. The number of anilines is 1. The van der Waals surface area contributed by atoms with Crippen molar-refractivity contribution in [1.82, 2.24) is 20.0 Å². The number of carbonyl (C=O) groups excluding carboxylic acids is 1. The first-order valence-electron chi connectivity index (χ1n) is 9.36. The SMILES string of the molecule is COc1cccc(-c2cc(C(=O)Nc3cnn(CC4CCCCO4)c3)[nH]n2)c1. The summed E-state index contributed by atoms with van der Waals surface area (Å²) < 4.78 is 12.8. The van der Waals surface area contributed by atoms with E-state index in [2.05, 4.69) is 20.6 Å². The minimum atomic E-state index is -0.268. The highest BCUT2D eigenvalue weighted by molar-refractivity contribution is 6.03. The second-order valence-corrected chi connectivity index (χ2v) is 6.79. The number of rotatable bonds is 6. The second-order valence-electron chi connectivity index (χ2n) is 6.79. The van der Waals surface area contributed by atoms with E-state index in [0.29, 0.717) is 23.6 Å². The number of ether oxygens (including phenoxy) is 2. The molecule has 1 aliphatic heterocycles. The predicted octanol–water partition coefficient (Wildman–Crippen LogP) is 3.10. The Kier molecular flexibility index (Phi) is 5.38. The summed E-state index contributed by atoms with van der Waals surface area (Å²) >= 11 is 0. The van der Waals surface area contributed by atoms with Gasteiger partial charge in [-0.05, 0) is 37.5 Å². The molecule has 1 aromatic carbocycles. The average Bonchev–Trinajstić information content (AvgIpc) is 3.39. The van der Waals surface area contributed by atoms with Crippen molar-refractivity contribution in [2.75, 3.05) is 19.0 Å². The van der Waals surface area contributed by atoms with Crippen molar-refractivity contribution >= 4 is 11.6 Å². The van der Waals surface area contributed by atoms with Crippen molar-refractivity contribution in [3.63, 3.8) is 0 Å². The number of hydrogen-bond acceptors (Lipinski definition) is 5. The molecular formula is C20H23N5O3. The van der Waals surface area contributed by atoms with Crippen LogP contribution >= 0.6 is 0 Å². The Morgan fingerprint density at radius 1 is 1.39 bits per heavy atom. The van der Waals surface area contributed by atoms with Crippen LogP contribution in [0.2, 0.25) is 0 Å². The summed E-state index contributed by atoms with van der Waals surface area (Å²) in [6.07, 6.45) is 7.00. The summed E-state index contributed by atoms with van der Waals surface area (Å²) in [5.41, 5.74) is 2.56. The molecule has 1 aliphatic rings. The third kappa shape index (κ3) is 4.23. The minimum Gasteiger partial charge on any atom is -0.497 e. The van der Waals surface area contributed by atoms with Crippen LogP contribution in [0.5, 0.6) is 5.75 Å². The Hall–Kier alpha value is -3.13. The first-order valence-corrected chi connectivity index (χ1v) is 9.36. The first-order chi connectivity index (χ1) is 13.7. The first kappa shape index (κ1) is 18.2. The summed E-state index contributed by atoms with van der Waals surface area (Å²) in [4.78, 5) is 12.5. The quantitative estimate of drug-likeness (QED) is 0.684. The molecular weight excluding hydrogens is 358 g/mol. The number of carbonyl (C=O) groups is 1.